The molecule has 132 valence electrons. The quantitative estimate of drug-likeness (QED) is 0.490. The van der Waals surface area contributed by atoms with Crippen molar-refractivity contribution in [2.75, 3.05) is 13.4 Å². The standard InChI is InChI=1S/C16H23N3O4S/c1-16(2,3)23-15(21)19-12(13(20)22-4)10-7-6-8-11(9-10)18-14(17)24-5/h6-9,12H,1-5H3,(H2,17,18)(H,19,21). The van der Waals surface area contributed by atoms with E-state index in [1.54, 1.807) is 45.0 Å². The highest BCUT2D eigenvalue weighted by atomic mass is 32.2. The number of methoxy groups -OCH3 is 1. The molecule has 0 aliphatic carbocycles. The zero-order valence-electron chi connectivity index (χ0n) is 14.5. The summed E-state index contributed by atoms with van der Waals surface area (Å²) < 4.78 is 9.95. The minimum atomic E-state index is -1.00. The van der Waals surface area contributed by atoms with Crippen LogP contribution in [0, 0.1) is 0 Å². The van der Waals surface area contributed by atoms with Crippen LogP contribution in [0.3, 0.4) is 0 Å². The molecule has 0 aromatic heterocycles. The van der Waals surface area contributed by atoms with Crippen molar-refractivity contribution < 1.29 is 19.1 Å². The van der Waals surface area contributed by atoms with Crippen LogP contribution in [-0.4, -0.2) is 36.2 Å². The van der Waals surface area contributed by atoms with Gasteiger partial charge in [0, 0.05) is 0 Å². The zero-order chi connectivity index (χ0) is 18.3. The number of carbonyl (C=O) groups is 2. The lowest BCUT2D eigenvalue weighted by Crippen LogP contribution is -2.38. The maximum absolute atomic E-state index is 12.0. The van der Waals surface area contributed by atoms with Crippen molar-refractivity contribution in [1.82, 2.24) is 5.32 Å². The Labute approximate surface area is 146 Å². The van der Waals surface area contributed by atoms with Crippen molar-refractivity contribution in [3.63, 3.8) is 0 Å². The fourth-order valence-corrected chi connectivity index (χ4v) is 1.97. The summed E-state index contributed by atoms with van der Waals surface area (Å²) >= 11 is 1.31. The third-order valence-electron chi connectivity index (χ3n) is 2.75. The number of hydrogen-bond donors (Lipinski definition) is 2. The molecular formula is C16H23N3O4S. The number of thioether (sulfide) groups is 1. The van der Waals surface area contributed by atoms with Crippen LogP contribution in [0.1, 0.15) is 32.4 Å². The molecule has 0 spiro atoms. The fourth-order valence-electron chi connectivity index (χ4n) is 1.77. The SMILES string of the molecule is COC(=O)C(NC(=O)OC(C)(C)C)c1cccc(N=C(N)SC)c1. The van der Waals surface area contributed by atoms with Crippen molar-refractivity contribution in [3.05, 3.63) is 29.8 Å². The number of hydrogen-bond acceptors (Lipinski definition) is 6. The highest BCUT2D eigenvalue weighted by molar-refractivity contribution is 8.13. The van der Waals surface area contributed by atoms with Crippen molar-refractivity contribution in [3.8, 4) is 0 Å². The molecule has 1 rings (SSSR count). The van der Waals surface area contributed by atoms with E-state index in [0.717, 1.165) is 0 Å². The van der Waals surface area contributed by atoms with E-state index in [1.165, 1.54) is 18.9 Å². The topological polar surface area (TPSA) is 103 Å². The van der Waals surface area contributed by atoms with Crippen LogP contribution < -0.4 is 11.1 Å². The summed E-state index contributed by atoms with van der Waals surface area (Å²) in [4.78, 5) is 28.2. The van der Waals surface area contributed by atoms with E-state index in [4.69, 9.17) is 15.2 Å². The molecule has 1 amide bonds. The van der Waals surface area contributed by atoms with Gasteiger partial charge in [-0.3, -0.25) is 0 Å². The molecular weight excluding hydrogens is 330 g/mol. The van der Waals surface area contributed by atoms with Gasteiger partial charge in [0.2, 0.25) is 0 Å². The van der Waals surface area contributed by atoms with Gasteiger partial charge in [0.05, 0.1) is 12.8 Å². The van der Waals surface area contributed by atoms with Crippen molar-refractivity contribution in [1.29, 1.82) is 0 Å². The number of nitrogens with zero attached hydrogens (tertiary/aromatic N) is 1. The van der Waals surface area contributed by atoms with E-state index >= 15 is 0 Å². The second-order valence-electron chi connectivity index (χ2n) is 5.85. The van der Waals surface area contributed by atoms with Gasteiger partial charge in [-0.25, -0.2) is 14.6 Å². The number of amides is 1. The van der Waals surface area contributed by atoms with Crippen LogP contribution in [0.15, 0.2) is 29.3 Å². The Balaban J connectivity index is 3.07. The largest absolute Gasteiger partial charge is 0.467 e. The average molecular weight is 353 g/mol. The van der Waals surface area contributed by atoms with E-state index in [0.29, 0.717) is 16.4 Å². The zero-order valence-corrected chi connectivity index (χ0v) is 15.3. The minimum Gasteiger partial charge on any atom is -0.467 e. The van der Waals surface area contributed by atoms with Gasteiger partial charge in [-0.2, -0.15) is 0 Å². The van der Waals surface area contributed by atoms with Crippen LogP contribution in [0.25, 0.3) is 0 Å². The number of rotatable bonds is 4. The molecule has 1 atom stereocenters. The van der Waals surface area contributed by atoms with Gasteiger partial charge in [0.1, 0.15) is 5.60 Å². The highest BCUT2D eigenvalue weighted by Crippen LogP contribution is 2.22. The Kier molecular flexibility index (Phi) is 7.09. The molecule has 7 nitrogen and oxygen atoms in total. The Hall–Kier alpha value is -2.22. The predicted molar refractivity (Wildman–Crippen MR) is 95.4 cm³/mol. The first-order valence-corrected chi connectivity index (χ1v) is 8.44. The first kappa shape index (κ1) is 19.8. The Bertz CT molecular complexity index is 626. The number of alkyl carbamates (subject to hydrolysis) is 1. The number of benzene rings is 1. The number of amidine groups is 1. The molecule has 0 aliphatic rings. The molecule has 0 fully saturated rings. The number of carbonyl (C=O) groups excluding carboxylic acids is 2. The van der Waals surface area contributed by atoms with Crippen molar-refractivity contribution in [2.24, 2.45) is 10.7 Å². The molecule has 0 saturated heterocycles. The van der Waals surface area contributed by atoms with E-state index in [9.17, 15) is 9.59 Å². The lowest BCUT2D eigenvalue weighted by molar-refractivity contribution is -0.143. The third kappa shape index (κ3) is 6.49. The lowest BCUT2D eigenvalue weighted by atomic mass is 10.1. The summed E-state index contributed by atoms with van der Waals surface area (Å²) in [6.07, 6.45) is 1.10. The summed E-state index contributed by atoms with van der Waals surface area (Å²) in [5, 5.41) is 2.91. The van der Waals surface area contributed by atoms with E-state index in [2.05, 4.69) is 10.3 Å². The first-order valence-electron chi connectivity index (χ1n) is 7.21. The molecule has 0 radical (unpaired) electrons. The maximum atomic E-state index is 12.0. The van der Waals surface area contributed by atoms with Gasteiger partial charge in [-0.15, -0.1) is 0 Å². The van der Waals surface area contributed by atoms with Gasteiger partial charge in [-0.1, -0.05) is 23.9 Å². The second-order valence-corrected chi connectivity index (χ2v) is 6.68. The molecule has 8 heteroatoms. The Morgan fingerprint density at radius 2 is 2.00 bits per heavy atom. The summed E-state index contributed by atoms with van der Waals surface area (Å²) in [6, 6.07) is 5.80. The number of ether oxygens (including phenoxy) is 2. The molecule has 1 unspecified atom stereocenters. The van der Waals surface area contributed by atoms with E-state index in [-0.39, 0.29) is 0 Å². The second kappa shape index (κ2) is 8.58. The van der Waals surface area contributed by atoms with Gasteiger partial charge < -0.3 is 20.5 Å². The Morgan fingerprint density at radius 3 is 2.54 bits per heavy atom. The summed E-state index contributed by atoms with van der Waals surface area (Å²) in [6.45, 7) is 5.21. The van der Waals surface area contributed by atoms with Crippen LogP contribution >= 0.6 is 11.8 Å². The number of aliphatic imine (C=N–C) groups is 1. The summed E-state index contributed by atoms with van der Waals surface area (Å²) in [7, 11) is 1.25. The van der Waals surface area contributed by atoms with Crippen LogP contribution in [0.4, 0.5) is 10.5 Å². The van der Waals surface area contributed by atoms with E-state index in [1.807, 2.05) is 6.26 Å². The van der Waals surface area contributed by atoms with Gasteiger partial charge in [0.15, 0.2) is 11.2 Å². The van der Waals surface area contributed by atoms with Gasteiger partial charge >= 0.3 is 12.1 Å². The molecule has 0 heterocycles. The van der Waals surface area contributed by atoms with Crippen molar-refractivity contribution >= 4 is 34.7 Å². The number of esters is 1. The van der Waals surface area contributed by atoms with Gasteiger partial charge in [0.25, 0.3) is 0 Å². The molecule has 1 aromatic rings. The molecule has 1 aromatic carbocycles. The Morgan fingerprint density at radius 1 is 1.33 bits per heavy atom. The van der Waals surface area contributed by atoms with Crippen LogP contribution in [0.2, 0.25) is 0 Å². The minimum absolute atomic E-state index is 0.391. The van der Waals surface area contributed by atoms with Gasteiger partial charge in [-0.05, 0) is 44.7 Å². The summed E-state index contributed by atoms with van der Waals surface area (Å²) in [5.74, 6) is -0.611. The van der Waals surface area contributed by atoms with Crippen LogP contribution in [-0.2, 0) is 14.3 Å². The first-order chi connectivity index (χ1) is 11.2. The monoisotopic (exact) mass is 353 g/mol. The van der Waals surface area contributed by atoms with Crippen molar-refractivity contribution in [2.45, 2.75) is 32.4 Å². The molecule has 24 heavy (non-hydrogen) atoms. The van der Waals surface area contributed by atoms with Crippen LogP contribution in [0.5, 0.6) is 0 Å². The molecule has 0 saturated carbocycles. The van der Waals surface area contributed by atoms with E-state index < -0.39 is 23.7 Å². The number of nitrogens with one attached hydrogen (secondary N) is 1. The highest BCUT2D eigenvalue weighted by Gasteiger charge is 2.26. The fraction of sp³-hybridized carbons (Fsp3) is 0.438. The summed E-state index contributed by atoms with van der Waals surface area (Å²) in [5.41, 5.74) is 6.11. The maximum Gasteiger partial charge on any atom is 0.408 e. The predicted octanol–water partition coefficient (Wildman–Crippen LogP) is 2.73. The molecule has 0 aliphatic heterocycles. The molecule has 3 N–H and O–H groups in total. The average Bonchev–Trinajstić information content (AvgIpc) is 2.50. The third-order valence-corrected chi connectivity index (χ3v) is 3.26. The molecule has 0 bridgehead atoms. The normalized spacial score (nSPS) is 13.1. The lowest BCUT2D eigenvalue weighted by Gasteiger charge is -2.22. The number of nitrogens with two attached hydrogens (primary N) is 1. The smallest absolute Gasteiger partial charge is 0.408 e.